The maximum absolute atomic E-state index is 4.34. The lowest BCUT2D eigenvalue weighted by Crippen LogP contribution is -1.81. The maximum atomic E-state index is 4.34. The first kappa shape index (κ1) is 13.3. The lowest BCUT2D eigenvalue weighted by molar-refractivity contribution is 1.10. The van der Waals surface area contributed by atoms with E-state index in [1.54, 1.807) is 22.7 Å². The molecule has 0 radical (unpaired) electrons. The van der Waals surface area contributed by atoms with Gasteiger partial charge in [-0.1, -0.05) is 47.7 Å². The molecule has 3 nitrogen and oxygen atoms in total. The van der Waals surface area contributed by atoms with Gasteiger partial charge >= 0.3 is 0 Å². The van der Waals surface area contributed by atoms with Crippen molar-refractivity contribution in [3.8, 4) is 31.6 Å². The summed E-state index contributed by atoms with van der Waals surface area (Å²) in [5.74, 6) is 0. The number of hydrogen-bond acceptors (Lipinski definition) is 5. The molecule has 0 aliphatic heterocycles. The first-order valence-electron chi connectivity index (χ1n) is 6.78. The maximum Gasteiger partial charge on any atom is 0.149 e. The third kappa shape index (κ3) is 2.56. The van der Waals surface area contributed by atoms with Crippen LogP contribution in [0.3, 0.4) is 0 Å². The fraction of sp³-hybridized carbons (Fsp3) is 0. The van der Waals surface area contributed by atoms with Gasteiger partial charge in [0.15, 0.2) is 0 Å². The third-order valence-electron chi connectivity index (χ3n) is 3.24. The summed E-state index contributed by atoms with van der Waals surface area (Å²) in [4.78, 5) is 5.55. The van der Waals surface area contributed by atoms with E-state index in [1.165, 1.54) is 4.88 Å². The molecule has 0 amide bonds. The number of thiophene rings is 1. The van der Waals surface area contributed by atoms with Crippen molar-refractivity contribution in [3.05, 3.63) is 66.3 Å². The quantitative estimate of drug-likeness (QED) is 0.533. The molecule has 0 saturated heterocycles. The summed E-state index contributed by atoms with van der Waals surface area (Å²) >= 11 is 3.30. The summed E-state index contributed by atoms with van der Waals surface area (Å²) in [7, 11) is 0. The van der Waals surface area contributed by atoms with E-state index in [1.807, 2.05) is 48.8 Å². The van der Waals surface area contributed by atoms with Gasteiger partial charge in [0.1, 0.15) is 10.0 Å². The van der Waals surface area contributed by atoms with Crippen molar-refractivity contribution in [2.45, 2.75) is 0 Å². The van der Waals surface area contributed by atoms with E-state index in [0.29, 0.717) is 0 Å². The van der Waals surface area contributed by atoms with Crippen LogP contribution in [-0.4, -0.2) is 15.2 Å². The number of benzene rings is 1. The van der Waals surface area contributed by atoms with Crippen LogP contribution in [0.5, 0.6) is 0 Å². The largest absolute Gasteiger partial charge is 0.263 e. The molecule has 1 aromatic carbocycles. The van der Waals surface area contributed by atoms with Crippen molar-refractivity contribution >= 4 is 22.7 Å². The average molecular weight is 321 g/mol. The molecule has 106 valence electrons. The van der Waals surface area contributed by atoms with Gasteiger partial charge in [0.05, 0.1) is 0 Å². The first-order chi connectivity index (χ1) is 10.9. The highest BCUT2D eigenvalue weighted by Crippen LogP contribution is 2.32. The Kier molecular flexibility index (Phi) is 3.50. The molecule has 4 rings (SSSR count). The number of nitrogens with zero attached hydrogens (tertiary/aromatic N) is 3. The molecular weight excluding hydrogens is 310 g/mol. The van der Waals surface area contributed by atoms with Gasteiger partial charge in [-0.3, -0.25) is 4.98 Å². The zero-order chi connectivity index (χ0) is 14.8. The second-order valence-electron chi connectivity index (χ2n) is 4.72. The van der Waals surface area contributed by atoms with E-state index in [2.05, 4.69) is 32.7 Å². The van der Waals surface area contributed by atoms with Crippen LogP contribution in [0.15, 0.2) is 66.3 Å². The molecule has 0 N–H and O–H groups in total. The molecule has 4 aromatic rings. The number of rotatable bonds is 3. The summed E-state index contributed by atoms with van der Waals surface area (Å²) in [6.45, 7) is 0. The first-order valence-corrected chi connectivity index (χ1v) is 8.48. The SMILES string of the molecule is c1ccc(-c2nnc(-c3cncc(-c4cccs4)c3)s2)cc1. The molecule has 0 unspecified atom stereocenters. The van der Waals surface area contributed by atoms with E-state index in [9.17, 15) is 0 Å². The summed E-state index contributed by atoms with van der Waals surface area (Å²) in [6, 6.07) is 16.4. The summed E-state index contributed by atoms with van der Waals surface area (Å²) in [6.07, 6.45) is 3.72. The molecule has 0 spiro atoms. The average Bonchev–Trinajstić information content (AvgIpc) is 3.28. The van der Waals surface area contributed by atoms with Crippen molar-refractivity contribution in [2.75, 3.05) is 0 Å². The zero-order valence-electron chi connectivity index (χ0n) is 11.5. The number of pyridine rings is 1. The minimum absolute atomic E-state index is 0.893. The van der Waals surface area contributed by atoms with Gasteiger partial charge in [-0.2, -0.15) is 0 Å². The molecule has 22 heavy (non-hydrogen) atoms. The topological polar surface area (TPSA) is 38.7 Å². The molecule has 0 atom stereocenters. The Morgan fingerprint density at radius 1 is 0.727 bits per heavy atom. The van der Waals surface area contributed by atoms with Crippen LogP contribution in [0.2, 0.25) is 0 Å². The molecule has 0 aliphatic rings. The predicted octanol–water partition coefficient (Wildman–Crippen LogP) is 5.00. The molecule has 0 bridgehead atoms. The van der Waals surface area contributed by atoms with Crippen molar-refractivity contribution < 1.29 is 0 Å². The monoisotopic (exact) mass is 321 g/mol. The Labute approximate surface area is 136 Å². The van der Waals surface area contributed by atoms with E-state index in [4.69, 9.17) is 0 Å². The Balaban J connectivity index is 1.71. The van der Waals surface area contributed by atoms with E-state index in [0.717, 1.165) is 26.7 Å². The summed E-state index contributed by atoms with van der Waals surface area (Å²) in [5, 5.41) is 12.5. The van der Waals surface area contributed by atoms with Crippen molar-refractivity contribution in [1.29, 1.82) is 0 Å². The van der Waals surface area contributed by atoms with Gasteiger partial charge in [-0.15, -0.1) is 21.5 Å². The Morgan fingerprint density at radius 2 is 1.50 bits per heavy atom. The van der Waals surface area contributed by atoms with Crippen molar-refractivity contribution in [2.24, 2.45) is 0 Å². The minimum Gasteiger partial charge on any atom is -0.263 e. The third-order valence-corrected chi connectivity index (χ3v) is 5.18. The Hall–Kier alpha value is -2.37. The second-order valence-corrected chi connectivity index (χ2v) is 6.64. The highest BCUT2D eigenvalue weighted by Gasteiger charge is 2.10. The zero-order valence-corrected chi connectivity index (χ0v) is 13.1. The standard InChI is InChI=1S/C17H11N3S2/c1-2-5-12(6-3-1)16-19-20-17(22-16)14-9-13(10-18-11-14)15-7-4-8-21-15/h1-11H. The molecule has 0 fully saturated rings. The van der Waals surface area contributed by atoms with E-state index in [-0.39, 0.29) is 0 Å². The van der Waals surface area contributed by atoms with E-state index < -0.39 is 0 Å². The fourth-order valence-electron chi connectivity index (χ4n) is 2.17. The minimum atomic E-state index is 0.893. The van der Waals surface area contributed by atoms with Gasteiger partial charge in [-0.05, 0) is 17.5 Å². The van der Waals surface area contributed by atoms with Crippen LogP contribution in [0, 0.1) is 0 Å². The number of aromatic nitrogens is 3. The molecule has 0 saturated carbocycles. The summed E-state index contributed by atoms with van der Waals surface area (Å²) < 4.78 is 0. The molecule has 3 aromatic heterocycles. The normalized spacial score (nSPS) is 10.7. The van der Waals surface area contributed by atoms with Gasteiger partial charge in [0, 0.05) is 34.0 Å². The van der Waals surface area contributed by atoms with Crippen molar-refractivity contribution in [1.82, 2.24) is 15.2 Å². The van der Waals surface area contributed by atoms with Gasteiger partial charge in [-0.25, -0.2) is 0 Å². The Bertz CT molecular complexity index is 883. The van der Waals surface area contributed by atoms with Crippen LogP contribution in [-0.2, 0) is 0 Å². The molecule has 5 heteroatoms. The Morgan fingerprint density at radius 3 is 2.27 bits per heavy atom. The lowest BCUT2D eigenvalue weighted by atomic mass is 10.2. The second kappa shape index (κ2) is 5.79. The predicted molar refractivity (Wildman–Crippen MR) is 91.9 cm³/mol. The molecular formula is C17H11N3S2. The summed E-state index contributed by atoms with van der Waals surface area (Å²) in [5.41, 5.74) is 3.21. The number of hydrogen-bond donors (Lipinski definition) is 0. The van der Waals surface area contributed by atoms with Gasteiger partial charge in [0.2, 0.25) is 0 Å². The van der Waals surface area contributed by atoms with Crippen LogP contribution in [0.4, 0.5) is 0 Å². The van der Waals surface area contributed by atoms with Crippen LogP contribution >= 0.6 is 22.7 Å². The van der Waals surface area contributed by atoms with Crippen LogP contribution in [0.25, 0.3) is 31.6 Å². The van der Waals surface area contributed by atoms with E-state index >= 15 is 0 Å². The smallest absolute Gasteiger partial charge is 0.149 e. The van der Waals surface area contributed by atoms with Crippen molar-refractivity contribution in [3.63, 3.8) is 0 Å². The van der Waals surface area contributed by atoms with Crippen LogP contribution in [0.1, 0.15) is 0 Å². The fourth-order valence-corrected chi connectivity index (χ4v) is 3.71. The molecule has 3 heterocycles. The lowest BCUT2D eigenvalue weighted by Gasteiger charge is -1.99. The highest BCUT2D eigenvalue weighted by atomic mass is 32.1. The van der Waals surface area contributed by atoms with Gasteiger partial charge < -0.3 is 0 Å². The highest BCUT2D eigenvalue weighted by molar-refractivity contribution is 7.18. The molecule has 0 aliphatic carbocycles. The van der Waals surface area contributed by atoms with Crippen LogP contribution < -0.4 is 0 Å². The van der Waals surface area contributed by atoms with Gasteiger partial charge in [0.25, 0.3) is 0 Å².